The zero-order valence-electron chi connectivity index (χ0n) is 3.68. The third-order valence-corrected chi connectivity index (χ3v) is 1.55. The lowest BCUT2D eigenvalue weighted by atomic mass is 10.4. The Morgan fingerprint density at radius 1 is 1.67 bits per heavy atom. The normalized spacial score (nSPS) is 9.50. The monoisotopic (exact) mass is 119 g/mol. The first-order valence-corrected chi connectivity index (χ1v) is 4.09. The van der Waals surface area contributed by atoms with Crippen molar-refractivity contribution in [3.63, 3.8) is 0 Å². The summed E-state index contributed by atoms with van der Waals surface area (Å²) in [5, 5.41) is 0. The molecule has 0 aliphatic heterocycles. The molecule has 0 aliphatic rings. The fourth-order valence-electron chi connectivity index (χ4n) is 0.176. The molecule has 0 rings (SSSR count). The van der Waals surface area contributed by atoms with Gasteiger partial charge in [0.1, 0.15) is 0 Å². The van der Waals surface area contributed by atoms with Crippen molar-refractivity contribution in [2.45, 2.75) is 12.8 Å². The van der Waals surface area contributed by atoms with Gasteiger partial charge in [-0.05, 0) is 19.9 Å². The van der Waals surface area contributed by atoms with Crippen LogP contribution in [0.1, 0.15) is 12.8 Å². The molecule has 0 fully saturated rings. The number of hydrogen-bond donors (Lipinski definition) is 0. The standard InChI is InChI=1S/C4H8PS/c1-2-3-4-5-6/h1-4H2. The molecule has 0 bridgehead atoms. The third kappa shape index (κ3) is 4.52. The van der Waals surface area contributed by atoms with Crippen LogP contribution in [-0.2, 0) is 11.8 Å². The maximum absolute atomic E-state index is 4.66. The minimum Gasteiger partial charge on any atom is -0.0578 e. The van der Waals surface area contributed by atoms with Gasteiger partial charge in [0.25, 0.3) is 0 Å². The molecular weight excluding hydrogens is 111 g/mol. The van der Waals surface area contributed by atoms with Gasteiger partial charge in [-0.3, -0.25) is 0 Å². The topological polar surface area (TPSA) is 0 Å². The van der Waals surface area contributed by atoms with E-state index in [0.29, 0.717) is 0 Å². The summed E-state index contributed by atoms with van der Waals surface area (Å²) in [6.07, 6.45) is 3.35. The van der Waals surface area contributed by atoms with Crippen LogP contribution in [0.3, 0.4) is 0 Å². The Morgan fingerprint density at radius 2 is 2.33 bits per heavy atom. The van der Waals surface area contributed by atoms with Crippen molar-refractivity contribution in [1.29, 1.82) is 0 Å². The average molecular weight is 119 g/mol. The maximum Gasteiger partial charge on any atom is -0.000157 e. The molecule has 0 aromatic carbocycles. The summed E-state index contributed by atoms with van der Waals surface area (Å²) >= 11 is 4.66. The molecular formula is C4H8PS. The van der Waals surface area contributed by atoms with Crippen molar-refractivity contribution in [3.05, 3.63) is 6.92 Å². The first-order valence-electron chi connectivity index (χ1n) is 2.00. The lowest BCUT2D eigenvalue weighted by molar-refractivity contribution is 0.970. The molecule has 0 aromatic rings. The van der Waals surface area contributed by atoms with E-state index in [9.17, 15) is 0 Å². The van der Waals surface area contributed by atoms with Crippen LogP contribution in [0.4, 0.5) is 0 Å². The molecule has 0 unspecified atom stereocenters. The quantitative estimate of drug-likeness (QED) is 0.404. The highest BCUT2D eigenvalue weighted by Gasteiger charge is 1.73. The van der Waals surface area contributed by atoms with E-state index in [1.807, 2.05) is 0 Å². The molecule has 0 aliphatic carbocycles. The second-order valence-electron chi connectivity index (χ2n) is 1.06. The summed E-state index contributed by atoms with van der Waals surface area (Å²) in [5.74, 6) is 0. The third-order valence-electron chi connectivity index (χ3n) is 0.499. The van der Waals surface area contributed by atoms with Crippen molar-refractivity contribution in [1.82, 2.24) is 0 Å². The van der Waals surface area contributed by atoms with E-state index in [1.54, 1.807) is 0 Å². The molecule has 6 heavy (non-hydrogen) atoms. The molecule has 0 aromatic heterocycles. The molecule has 0 saturated carbocycles. The summed E-state index contributed by atoms with van der Waals surface area (Å²) in [6, 6.07) is 0. The predicted octanol–water partition coefficient (Wildman–Crippen LogP) is 2.01. The minimum absolute atomic E-state index is 1.03. The predicted molar refractivity (Wildman–Crippen MR) is 33.7 cm³/mol. The SMILES string of the molecule is [CH2]CCCP=S. The Hall–Kier alpha value is 0.520. The van der Waals surface area contributed by atoms with Crippen LogP contribution in [-0.4, -0.2) is 6.16 Å². The van der Waals surface area contributed by atoms with E-state index in [-0.39, 0.29) is 0 Å². The van der Waals surface area contributed by atoms with Crippen LogP contribution in [0.25, 0.3) is 0 Å². The molecule has 0 N–H and O–H groups in total. The van der Waals surface area contributed by atoms with Gasteiger partial charge < -0.3 is 0 Å². The summed E-state index contributed by atoms with van der Waals surface area (Å²) in [4.78, 5) is 0. The van der Waals surface area contributed by atoms with Crippen molar-refractivity contribution in [2.24, 2.45) is 0 Å². The van der Waals surface area contributed by atoms with Gasteiger partial charge in [-0.15, -0.1) is 0 Å². The Bertz CT molecular complexity index is 36.5. The van der Waals surface area contributed by atoms with Gasteiger partial charge in [-0.2, -0.15) is 0 Å². The van der Waals surface area contributed by atoms with E-state index < -0.39 is 0 Å². The summed E-state index contributed by atoms with van der Waals surface area (Å²) in [6.45, 7) is 3.67. The van der Waals surface area contributed by atoms with E-state index >= 15 is 0 Å². The van der Waals surface area contributed by atoms with E-state index in [0.717, 1.165) is 19.9 Å². The highest BCUT2D eigenvalue weighted by atomic mass is 32.4. The van der Waals surface area contributed by atoms with Crippen LogP contribution >= 0.6 is 7.36 Å². The summed E-state index contributed by atoms with van der Waals surface area (Å²) < 4.78 is 0. The lowest BCUT2D eigenvalue weighted by Crippen LogP contribution is -1.66. The van der Waals surface area contributed by atoms with Crippen molar-refractivity contribution in [3.8, 4) is 0 Å². The first-order chi connectivity index (χ1) is 2.91. The first kappa shape index (κ1) is 6.52. The van der Waals surface area contributed by atoms with Gasteiger partial charge in [0.15, 0.2) is 0 Å². The molecule has 0 spiro atoms. The lowest BCUT2D eigenvalue weighted by Gasteiger charge is -1.79. The average Bonchev–Trinajstić information content (AvgIpc) is 1.61. The zero-order valence-corrected chi connectivity index (χ0v) is 5.39. The highest BCUT2D eigenvalue weighted by Crippen LogP contribution is 1.96. The zero-order chi connectivity index (χ0) is 4.83. The fraction of sp³-hybridized carbons (Fsp3) is 0.750. The molecule has 0 atom stereocenters. The maximum atomic E-state index is 4.66. The summed E-state index contributed by atoms with van der Waals surface area (Å²) in [7, 11) is 1.09. The second-order valence-corrected chi connectivity index (χ2v) is 2.54. The largest absolute Gasteiger partial charge is 0.0578 e. The van der Waals surface area contributed by atoms with Gasteiger partial charge in [0.05, 0.1) is 0 Å². The van der Waals surface area contributed by atoms with Crippen molar-refractivity contribution < 1.29 is 0 Å². The Morgan fingerprint density at radius 3 is 2.50 bits per heavy atom. The van der Waals surface area contributed by atoms with Crippen LogP contribution in [0.15, 0.2) is 0 Å². The van der Waals surface area contributed by atoms with Gasteiger partial charge in [0, 0.05) is 0 Å². The van der Waals surface area contributed by atoms with Crippen LogP contribution in [0.5, 0.6) is 0 Å². The van der Waals surface area contributed by atoms with Crippen LogP contribution in [0, 0.1) is 6.92 Å². The van der Waals surface area contributed by atoms with Crippen LogP contribution in [0.2, 0.25) is 0 Å². The van der Waals surface area contributed by atoms with Crippen molar-refractivity contribution in [2.75, 3.05) is 6.16 Å². The number of unbranched alkanes of at least 4 members (excludes halogenated alkanes) is 1. The Kier molecular flexibility index (Phi) is 6.00. The summed E-state index contributed by atoms with van der Waals surface area (Å²) in [5.41, 5.74) is 0. The molecule has 0 amide bonds. The Labute approximate surface area is 45.8 Å². The van der Waals surface area contributed by atoms with E-state index in [2.05, 4.69) is 18.7 Å². The van der Waals surface area contributed by atoms with E-state index in [4.69, 9.17) is 0 Å². The molecule has 0 nitrogen and oxygen atoms in total. The molecule has 0 heterocycles. The Balaban J connectivity index is 2.49. The molecule has 1 radical (unpaired) electrons. The fourth-order valence-corrected chi connectivity index (χ4v) is 0.916. The highest BCUT2D eigenvalue weighted by molar-refractivity contribution is 7.96. The van der Waals surface area contributed by atoms with Gasteiger partial charge in [0.2, 0.25) is 0 Å². The van der Waals surface area contributed by atoms with Crippen LogP contribution < -0.4 is 0 Å². The van der Waals surface area contributed by atoms with Crippen molar-refractivity contribution >= 4 is 19.2 Å². The smallest absolute Gasteiger partial charge is 0.000157 e. The van der Waals surface area contributed by atoms with Gasteiger partial charge in [-0.1, -0.05) is 25.2 Å². The number of hydrogen-bond acceptors (Lipinski definition) is 1. The van der Waals surface area contributed by atoms with E-state index in [1.165, 1.54) is 6.42 Å². The second kappa shape index (κ2) is 5.52. The van der Waals surface area contributed by atoms with Gasteiger partial charge in [-0.25, -0.2) is 0 Å². The minimum atomic E-state index is 1.03. The molecule has 0 saturated heterocycles. The van der Waals surface area contributed by atoms with Gasteiger partial charge >= 0.3 is 0 Å². The molecule has 2 heteroatoms. The number of rotatable bonds is 3. The molecule has 35 valence electrons.